The first-order valence-electron chi connectivity index (χ1n) is 7.56. The maximum absolute atomic E-state index is 6.55. The fourth-order valence-corrected chi connectivity index (χ4v) is 2.61. The van der Waals surface area contributed by atoms with Crippen LogP contribution < -0.4 is 4.74 Å². The molecule has 0 aromatic heterocycles. The number of hydrogen-bond donors (Lipinski definition) is 0. The highest BCUT2D eigenvalue weighted by Gasteiger charge is 2.13. The largest absolute Gasteiger partial charge is 0.494 e. The fraction of sp³-hybridized carbons (Fsp3) is 0.647. The highest BCUT2D eigenvalue weighted by atomic mass is 35.5. The summed E-state index contributed by atoms with van der Waals surface area (Å²) in [5, 5.41) is 0.0723. The maximum Gasteiger partial charge on any atom is 0.123 e. The van der Waals surface area contributed by atoms with Gasteiger partial charge in [0.15, 0.2) is 0 Å². The lowest BCUT2D eigenvalue weighted by Gasteiger charge is -2.15. The summed E-state index contributed by atoms with van der Waals surface area (Å²) in [4.78, 5) is 0. The average Bonchev–Trinajstić information content (AvgIpc) is 2.40. The molecule has 1 aromatic carbocycles. The lowest BCUT2D eigenvalue weighted by atomic mass is 10.0. The highest BCUT2D eigenvalue weighted by molar-refractivity contribution is 6.21. The molecule has 108 valence electrons. The predicted molar refractivity (Wildman–Crippen MR) is 84.3 cm³/mol. The smallest absolute Gasteiger partial charge is 0.123 e. The van der Waals surface area contributed by atoms with E-state index in [1.54, 1.807) is 0 Å². The molecule has 0 bridgehead atoms. The zero-order valence-corrected chi connectivity index (χ0v) is 13.3. The van der Waals surface area contributed by atoms with Crippen LogP contribution in [-0.2, 0) is 0 Å². The van der Waals surface area contributed by atoms with Crippen LogP contribution in [0, 0.1) is 6.92 Å². The summed E-state index contributed by atoms with van der Waals surface area (Å²) in [5.41, 5.74) is 2.40. The van der Waals surface area contributed by atoms with Crippen molar-refractivity contribution in [2.24, 2.45) is 0 Å². The molecule has 0 saturated heterocycles. The summed E-state index contributed by atoms with van der Waals surface area (Å²) < 4.78 is 5.67. The van der Waals surface area contributed by atoms with Crippen LogP contribution in [0.1, 0.15) is 68.9 Å². The van der Waals surface area contributed by atoms with Gasteiger partial charge in [0.2, 0.25) is 0 Å². The van der Waals surface area contributed by atoms with Crippen molar-refractivity contribution in [2.75, 3.05) is 6.61 Å². The summed E-state index contributed by atoms with van der Waals surface area (Å²) in [6, 6.07) is 6.29. The molecule has 0 fully saturated rings. The van der Waals surface area contributed by atoms with Crippen molar-refractivity contribution in [3.8, 4) is 5.75 Å². The second kappa shape index (κ2) is 9.25. The molecule has 0 amide bonds. The Labute approximate surface area is 123 Å². The molecule has 0 spiro atoms. The Bertz CT molecular complexity index is 362. The van der Waals surface area contributed by atoms with Crippen LogP contribution in [0.25, 0.3) is 0 Å². The Morgan fingerprint density at radius 1 is 1.11 bits per heavy atom. The van der Waals surface area contributed by atoms with E-state index in [1.807, 2.05) is 13.0 Å². The van der Waals surface area contributed by atoms with Crippen molar-refractivity contribution in [3.05, 3.63) is 29.3 Å². The number of halogens is 1. The molecular formula is C17H27ClO. The van der Waals surface area contributed by atoms with Gasteiger partial charge in [-0.2, -0.15) is 0 Å². The zero-order chi connectivity index (χ0) is 14.1. The third-order valence-electron chi connectivity index (χ3n) is 3.36. The van der Waals surface area contributed by atoms with Gasteiger partial charge >= 0.3 is 0 Å². The van der Waals surface area contributed by atoms with Gasteiger partial charge in [-0.25, -0.2) is 0 Å². The molecule has 19 heavy (non-hydrogen) atoms. The quantitative estimate of drug-likeness (QED) is 0.397. The Morgan fingerprint density at radius 2 is 1.84 bits per heavy atom. The van der Waals surface area contributed by atoms with E-state index in [0.717, 1.165) is 17.7 Å². The molecule has 1 nitrogen and oxygen atoms in total. The van der Waals surface area contributed by atoms with Crippen LogP contribution in [0.5, 0.6) is 5.75 Å². The molecule has 1 aromatic rings. The van der Waals surface area contributed by atoms with Crippen LogP contribution in [0.2, 0.25) is 0 Å². The Hall–Kier alpha value is -0.690. The molecule has 0 N–H and O–H groups in total. The number of ether oxygens (including phenoxy) is 1. The van der Waals surface area contributed by atoms with E-state index in [0.29, 0.717) is 6.61 Å². The van der Waals surface area contributed by atoms with E-state index >= 15 is 0 Å². The van der Waals surface area contributed by atoms with Crippen molar-refractivity contribution in [3.63, 3.8) is 0 Å². The van der Waals surface area contributed by atoms with Crippen molar-refractivity contribution in [1.82, 2.24) is 0 Å². The molecule has 1 rings (SSSR count). The molecule has 0 aliphatic heterocycles. The van der Waals surface area contributed by atoms with Gasteiger partial charge in [0, 0.05) is 5.56 Å². The van der Waals surface area contributed by atoms with E-state index in [9.17, 15) is 0 Å². The van der Waals surface area contributed by atoms with Gasteiger partial charge in [-0.05, 0) is 26.3 Å². The van der Waals surface area contributed by atoms with Gasteiger partial charge in [-0.15, -0.1) is 11.6 Å². The first kappa shape index (κ1) is 16.4. The summed E-state index contributed by atoms with van der Waals surface area (Å²) >= 11 is 6.55. The van der Waals surface area contributed by atoms with Crippen molar-refractivity contribution in [2.45, 2.75) is 64.7 Å². The molecule has 0 aliphatic rings. The first-order valence-corrected chi connectivity index (χ1v) is 8.00. The summed E-state index contributed by atoms with van der Waals surface area (Å²) in [6.45, 7) is 7.04. The topological polar surface area (TPSA) is 9.23 Å². The molecule has 0 radical (unpaired) electrons. The third-order valence-corrected chi connectivity index (χ3v) is 3.82. The maximum atomic E-state index is 6.55. The van der Waals surface area contributed by atoms with Crippen molar-refractivity contribution in [1.29, 1.82) is 0 Å². The molecule has 0 saturated carbocycles. The number of benzene rings is 1. The van der Waals surface area contributed by atoms with Gasteiger partial charge in [0.25, 0.3) is 0 Å². The lowest BCUT2D eigenvalue weighted by Crippen LogP contribution is -2.00. The Morgan fingerprint density at radius 3 is 2.53 bits per heavy atom. The fourth-order valence-electron chi connectivity index (χ4n) is 2.28. The standard InChI is InChI=1S/C17H27ClO/c1-4-6-7-8-9-10-16(18)15-13-14(3)11-12-17(15)19-5-2/h11-13,16H,4-10H2,1-3H3. The van der Waals surface area contributed by atoms with Crippen LogP contribution in [-0.4, -0.2) is 6.61 Å². The minimum atomic E-state index is 0.0723. The van der Waals surface area contributed by atoms with E-state index < -0.39 is 0 Å². The van der Waals surface area contributed by atoms with Crippen LogP contribution in [0.3, 0.4) is 0 Å². The average molecular weight is 283 g/mol. The summed E-state index contributed by atoms with van der Waals surface area (Å²) in [5.74, 6) is 0.946. The van der Waals surface area contributed by atoms with Gasteiger partial charge in [0.05, 0.1) is 12.0 Å². The number of unbranched alkanes of at least 4 members (excludes halogenated alkanes) is 4. The van der Waals surface area contributed by atoms with E-state index in [4.69, 9.17) is 16.3 Å². The van der Waals surface area contributed by atoms with Crippen molar-refractivity contribution >= 4 is 11.6 Å². The first-order chi connectivity index (χ1) is 9.19. The molecule has 0 aliphatic carbocycles. The van der Waals surface area contributed by atoms with Gasteiger partial charge in [0.1, 0.15) is 5.75 Å². The van der Waals surface area contributed by atoms with Crippen LogP contribution in [0.15, 0.2) is 18.2 Å². The second-order valence-corrected chi connectivity index (χ2v) is 5.67. The number of aryl methyl sites for hydroxylation is 1. The van der Waals surface area contributed by atoms with Gasteiger partial charge in [-0.3, -0.25) is 0 Å². The molecule has 1 unspecified atom stereocenters. The summed E-state index contributed by atoms with van der Waals surface area (Å²) in [6.07, 6.45) is 7.47. The highest BCUT2D eigenvalue weighted by Crippen LogP contribution is 2.34. The Kier molecular flexibility index (Phi) is 7.97. The monoisotopic (exact) mass is 282 g/mol. The number of hydrogen-bond acceptors (Lipinski definition) is 1. The van der Waals surface area contributed by atoms with Crippen LogP contribution in [0.4, 0.5) is 0 Å². The zero-order valence-electron chi connectivity index (χ0n) is 12.5. The Balaban J connectivity index is 2.54. The molecule has 2 heteroatoms. The second-order valence-electron chi connectivity index (χ2n) is 5.14. The minimum absolute atomic E-state index is 0.0723. The molecule has 0 heterocycles. The van der Waals surface area contributed by atoms with E-state index in [2.05, 4.69) is 26.0 Å². The molecular weight excluding hydrogens is 256 g/mol. The third kappa shape index (κ3) is 5.86. The number of rotatable bonds is 9. The van der Waals surface area contributed by atoms with Crippen molar-refractivity contribution < 1.29 is 4.74 Å². The predicted octanol–water partition coefficient (Wildman–Crippen LogP) is 6.03. The number of alkyl halides is 1. The minimum Gasteiger partial charge on any atom is -0.494 e. The van der Waals surface area contributed by atoms with E-state index in [-0.39, 0.29) is 5.38 Å². The SMILES string of the molecule is CCCCCCCC(Cl)c1cc(C)ccc1OCC. The lowest BCUT2D eigenvalue weighted by molar-refractivity contribution is 0.335. The molecule has 1 atom stereocenters. The summed E-state index contributed by atoms with van der Waals surface area (Å²) in [7, 11) is 0. The normalized spacial score (nSPS) is 12.4. The van der Waals surface area contributed by atoms with Gasteiger partial charge < -0.3 is 4.74 Å². The van der Waals surface area contributed by atoms with E-state index in [1.165, 1.54) is 37.7 Å². The van der Waals surface area contributed by atoms with Crippen LogP contribution >= 0.6 is 11.6 Å². The van der Waals surface area contributed by atoms with Gasteiger partial charge in [-0.1, -0.05) is 56.7 Å².